The van der Waals surface area contributed by atoms with Crippen molar-refractivity contribution in [3.8, 4) is 0 Å². The molecule has 2 aliphatic rings. The van der Waals surface area contributed by atoms with Crippen LogP contribution in [0.1, 0.15) is 70.2 Å². The minimum absolute atomic E-state index is 0.0172. The van der Waals surface area contributed by atoms with E-state index in [9.17, 15) is 14.7 Å². The maximum Gasteiger partial charge on any atom is 0.315 e. The van der Waals surface area contributed by atoms with E-state index >= 15 is 0 Å². The molecule has 0 aromatic carbocycles. The van der Waals surface area contributed by atoms with Gasteiger partial charge in [0.15, 0.2) is 0 Å². The topological polar surface area (TPSA) is 94.6 Å². The fourth-order valence-corrected chi connectivity index (χ4v) is 4.96. The number of aliphatic carboxylic acids is 1. The van der Waals surface area contributed by atoms with Crippen molar-refractivity contribution in [3.05, 3.63) is 11.2 Å². The lowest BCUT2D eigenvalue weighted by molar-refractivity contribution is -0.147. The monoisotopic (exact) mass is 422 g/mol. The molecule has 0 radical (unpaired) electrons. The fourth-order valence-electron chi connectivity index (χ4n) is 3.99. The standard InChI is InChI=1S/C21H34N4O3S/c1-21(2,19(26)27)11-8-17-22-14-18(29-17)25-12-9-16(10-13-25)24-20(28)23-15-6-4-3-5-7-15/h14-16H,3-13H2,1-2H3,(H,26,27)(H2,23,24,28). The highest BCUT2D eigenvalue weighted by molar-refractivity contribution is 7.15. The van der Waals surface area contributed by atoms with Crippen LogP contribution < -0.4 is 15.5 Å². The van der Waals surface area contributed by atoms with Crippen molar-refractivity contribution >= 4 is 28.3 Å². The van der Waals surface area contributed by atoms with Crippen LogP contribution in [0.25, 0.3) is 0 Å². The molecule has 29 heavy (non-hydrogen) atoms. The van der Waals surface area contributed by atoms with Gasteiger partial charge in [0.25, 0.3) is 0 Å². The molecule has 3 rings (SSSR count). The quantitative estimate of drug-likeness (QED) is 0.621. The summed E-state index contributed by atoms with van der Waals surface area (Å²) >= 11 is 1.65. The van der Waals surface area contributed by atoms with Gasteiger partial charge in [0.05, 0.1) is 16.6 Å². The summed E-state index contributed by atoms with van der Waals surface area (Å²) < 4.78 is 0. The third kappa shape index (κ3) is 6.32. The minimum Gasteiger partial charge on any atom is -0.481 e. The first-order valence-corrected chi connectivity index (χ1v) is 11.7. The number of anilines is 1. The number of hydrogen-bond acceptors (Lipinski definition) is 5. The highest BCUT2D eigenvalue weighted by Gasteiger charge is 2.28. The van der Waals surface area contributed by atoms with Gasteiger partial charge < -0.3 is 20.6 Å². The lowest BCUT2D eigenvalue weighted by atomic mass is 9.88. The number of rotatable bonds is 7. The van der Waals surface area contributed by atoms with Gasteiger partial charge in [-0.25, -0.2) is 9.78 Å². The van der Waals surface area contributed by atoms with Crippen LogP contribution in [0, 0.1) is 5.41 Å². The summed E-state index contributed by atoms with van der Waals surface area (Å²) in [4.78, 5) is 30.3. The fraction of sp³-hybridized carbons (Fsp3) is 0.762. The molecular formula is C21H34N4O3S. The SMILES string of the molecule is CC(C)(CCc1ncc(N2CCC(NC(=O)NC3CCCCC3)CC2)s1)C(=O)O. The van der Waals surface area contributed by atoms with Crippen molar-refractivity contribution in [2.45, 2.75) is 83.7 Å². The number of aryl methyl sites for hydroxylation is 1. The summed E-state index contributed by atoms with van der Waals surface area (Å²) in [6, 6.07) is 0.542. The third-order valence-corrected chi connectivity index (χ3v) is 7.28. The molecule has 7 nitrogen and oxygen atoms in total. The summed E-state index contributed by atoms with van der Waals surface area (Å²) in [7, 11) is 0. The number of carboxylic acid groups (broad SMARTS) is 1. The van der Waals surface area contributed by atoms with E-state index in [1.54, 1.807) is 25.2 Å². The molecule has 162 valence electrons. The second kappa shape index (κ2) is 9.78. The number of piperidine rings is 1. The molecule has 2 fully saturated rings. The zero-order valence-electron chi connectivity index (χ0n) is 17.6. The van der Waals surface area contributed by atoms with Crippen LogP contribution in [-0.4, -0.2) is 47.3 Å². The van der Waals surface area contributed by atoms with Gasteiger partial charge in [-0.05, 0) is 46.0 Å². The molecule has 0 bridgehead atoms. The summed E-state index contributed by atoms with van der Waals surface area (Å²) in [5.41, 5.74) is -0.728. The van der Waals surface area contributed by atoms with Crippen molar-refractivity contribution in [2.75, 3.05) is 18.0 Å². The Morgan fingerprint density at radius 3 is 2.38 bits per heavy atom. The summed E-state index contributed by atoms with van der Waals surface area (Å²) in [6.45, 7) is 5.31. The summed E-state index contributed by atoms with van der Waals surface area (Å²) in [6.07, 6.45) is 10.9. The largest absolute Gasteiger partial charge is 0.481 e. The van der Waals surface area contributed by atoms with E-state index in [1.807, 2.05) is 6.20 Å². The number of urea groups is 1. The van der Waals surface area contributed by atoms with Gasteiger partial charge in [-0.3, -0.25) is 4.79 Å². The van der Waals surface area contributed by atoms with Crippen molar-refractivity contribution in [1.29, 1.82) is 0 Å². The third-order valence-electron chi connectivity index (χ3n) is 6.17. The van der Waals surface area contributed by atoms with E-state index in [2.05, 4.69) is 20.5 Å². The number of nitrogens with zero attached hydrogens (tertiary/aromatic N) is 2. The highest BCUT2D eigenvalue weighted by atomic mass is 32.1. The van der Waals surface area contributed by atoms with Gasteiger partial charge in [0.2, 0.25) is 0 Å². The van der Waals surface area contributed by atoms with E-state index in [4.69, 9.17) is 0 Å². The molecule has 1 aromatic heterocycles. The van der Waals surface area contributed by atoms with Crippen LogP contribution in [0.3, 0.4) is 0 Å². The molecule has 0 atom stereocenters. The molecule has 2 heterocycles. The Bertz CT molecular complexity index is 692. The molecule has 0 unspecified atom stereocenters. The van der Waals surface area contributed by atoms with Crippen LogP contribution >= 0.6 is 11.3 Å². The van der Waals surface area contributed by atoms with E-state index < -0.39 is 11.4 Å². The molecule has 2 amide bonds. The maximum atomic E-state index is 12.2. The predicted molar refractivity (Wildman–Crippen MR) is 116 cm³/mol. The van der Waals surface area contributed by atoms with Crippen molar-refractivity contribution in [3.63, 3.8) is 0 Å². The lowest BCUT2D eigenvalue weighted by Gasteiger charge is -2.33. The van der Waals surface area contributed by atoms with Crippen molar-refractivity contribution < 1.29 is 14.7 Å². The molecule has 1 aromatic rings. The smallest absolute Gasteiger partial charge is 0.315 e. The zero-order valence-corrected chi connectivity index (χ0v) is 18.4. The lowest BCUT2D eigenvalue weighted by Crippen LogP contribution is -2.50. The van der Waals surface area contributed by atoms with Gasteiger partial charge in [-0.2, -0.15) is 0 Å². The van der Waals surface area contributed by atoms with Crippen LogP contribution in [0.5, 0.6) is 0 Å². The first kappa shape index (κ1) is 21.9. The highest BCUT2D eigenvalue weighted by Crippen LogP contribution is 2.30. The van der Waals surface area contributed by atoms with Gasteiger partial charge in [0, 0.05) is 31.6 Å². The maximum absolute atomic E-state index is 12.2. The number of carbonyl (C=O) groups excluding carboxylic acids is 1. The minimum atomic E-state index is -0.767. The predicted octanol–water partition coefficient (Wildman–Crippen LogP) is 3.79. The average molecular weight is 423 g/mol. The first-order chi connectivity index (χ1) is 13.8. The van der Waals surface area contributed by atoms with Crippen LogP contribution in [0.15, 0.2) is 6.20 Å². The number of amides is 2. The number of thiazole rings is 1. The molecule has 1 saturated heterocycles. The van der Waals surface area contributed by atoms with Gasteiger partial charge >= 0.3 is 12.0 Å². The Morgan fingerprint density at radius 1 is 1.14 bits per heavy atom. The summed E-state index contributed by atoms with van der Waals surface area (Å²) in [5, 5.41) is 17.7. The van der Waals surface area contributed by atoms with E-state index in [0.29, 0.717) is 18.9 Å². The number of carboxylic acids is 1. The van der Waals surface area contributed by atoms with Crippen LogP contribution in [0.4, 0.5) is 9.80 Å². The number of aromatic nitrogens is 1. The Labute approximate surface area is 177 Å². The molecular weight excluding hydrogens is 388 g/mol. The van der Waals surface area contributed by atoms with E-state index in [0.717, 1.165) is 48.8 Å². The van der Waals surface area contributed by atoms with E-state index in [1.165, 1.54) is 19.3 Å². The normalized spacial score (nSPS) is 19.2. The van der Waals surface area contributed by atoms with Crippen molar-refractivity contribution in [2.24, 2.45) is 5.41 Å². The molecule has 1 aliphatic carbocycles. The van der Waals surface area contributed by atoms with Gasteiger partial charge in [0.1, 0.15) is 5.00 Å². The number of nitrogens with one attached hydrogen (secondary N) is 2. The number of hydrogen-bond donors (Lipinski definition) is 3. The number of carbonyl (C=O) groups is 2. The molecule has 8 heteroatoms. The average Bonchev–Trinajstić information content (AvgIpc) is 3.17. The summed E-state index contributed by atoms with van der Waals surface area (Å²) in [5.74, 6) is -0.767. The second-order valence-corrected chi connectivity index (χ2v) is 10.1. The Morgan fingerprint density at radius 2 is 1.76 bits per heavy atom. The zero-order chi connectivity index (χ0) is 20.9. The van der Waals surface area contributed by atoms with Crippen LogP contribution in [0.2, 0.25) is 0 Å². The molecule has 0 spiro atoms. The Kier molecular flexibility index (Phi) is 7.38. The molecule has 1 aliphatic heterocycles. The van der Waals surface area contributed by atoms with E-state index in [-0.39, 0.29) is 12.1 Å². The molecule has 3 N–H and O–H groups in total. The second-order valence-electron chi connectivity index (χ2n) is 9.00. The van der Waals surface area contributed by atoms with Crippen molar-refractivity contribution in [1.82, 2.24) is 15.6 Å². The Balaban J connectivity index is 1.40. The first-order valence-electron chi connectivity index (χ1n) is 10.8. The Hall–Kier alpha value is -1.83. The van der Waals surface area contributed by atoms with Crippen LogP contribution in [-0.2, 0) is 11.2 Å². The van der Waals surface area contributed by atoms with Gasteiger partial charge in [-0.1, -0.05) is 19.3 Å². The molecule has 1 saturated carbocycles. The van der Waals surface area contributed by atoms with Gasteiger partial charge in [-0.15, -0.1) is 11.3 Å².